The SMILES string of the molecule is CCCCCCCCC=CCCCCCCCC(=O)OCCCC(CCCCCCC=CCCCCCCCC)C(N)=O. The van der Waals surface area contributed by atoms with Gasteiger partial charge < -0.3 is 10.5 Å². The molecule has 0 fully saturated rings. The van der Waals surface area contributed by atoms with Crippen LogP contribution in [0, 0.1) is 5.92 Å². The number of hydrogen-bond acceptors (Lipinski definition) is 3. The Morgan fingerprint density at radius 1 is 0.512 bits per heavy atom. The molecule has 0 radical (unpaired) electrons. The molecule has 0 saturated carbocycles. The van der Waals surface area contributed by atoms with E-state index in [4.69, 9.17) is 10.5 Å². The third-order valence-corrected chi connectivity index (χ3v) is 8.57. The van der Waals surface area contributed by atoms with Gasteiger partial charge in [0.2, 0.25) is 5.91 Å². The van der Waals surface area contributed by atoms with E-state index in [1.165, 1.54) is 128 Å². The highest BCUT2D eigenvalue weighted by molar-refractivity contribution is 5.76. The van der Waals surface area contributed by atoms with E-state index in [0.29, 0.717) is 13.0 Å². The zero-order chi connectivity index (χ0) is 31.5. The number of unbranched alkanes of at least 4 members (excludes halogenated alkanes) is 21. The van der Waals surface area contributed by atoms with Crippen LogP contribution in [0.4, 0.5) is 0 Å². The Morgan fingerprint density at radius 2 is 0.884 bits per heavy atom. The average Bonchev–Trinajstić information content (AvgIpc) is 3.00. The number of hydrogen-bond donors (Lipinski definition) is 1. The molecule has 0 aliphatic rings. The van der Waals surface area contributed by atoms with Gasteiger partial charge in [0.25, 0.3) is 0 Å². The molecule has 2 N–H and O–H groups in total. The van der Waals surface area contributed by atoms with Gasteiger partial charge in [-0.05, 0) is 77.0 Å². The van der Waals surface area contributed by atoms with Crippen molar-refractivity contribution in [3.05, 3.63) is 24.3 Å². The van der Waals surface area contributed by atoms with Gasteiger partial charge in [-0.15, -0.1) is 0 Å². The van der Waals surface area contributed by atoms with Gasteiger partial charge in [0.1, 0.15) is 0 Å². The molecule has 1 atom stereocenters. The minimum atomic E-state index is -0.211. The highest BCUT2D eigenvalue weighted by Crippen LogP contribution is 2.17. The summed E-state index contributed by atoms with van der Waals surface area (Å²) in [6, 6.07) is 0. The van der Waals surface area contributed by atoms with Crippen molar-refractivity contribution in [2.24, 2.45) is 11.7 Å². The van der Waals surface area contributed by atoms with Crippen LogP contribution in [-0.2, 0) is 14.3 Å². The van der Waals surface area contributed by atoms with Crippen LogP contribution in [0.5, 0.6) is 0 Å². The van der Waals surface area contributed by atoms with E-state index in [1.807, 2.05) is 0 Å². The lowest BCUT2D eigenvalue weighted by atomic mass is 9.95. The monoisotopic (exact) mass is 604 g/mol. The number of carbonyl (C=O) groups is 2. The highest BCUT2D eigenvalue weighted by atomic mass is 16.5. The second-order valence-corrected chi connectivity index (χ2v) is 12.8. The van der Waals surface area contributed by atoms with Crippen molar-refractivity contribution < 1.29 is 14.3 Å². The first kappa shape index (κ1) is 41.4. The number of allylic oxidation sites excluding steroid dienone is 4. The molecule has 43 heavy (non-hydrogen) atoms. The summed E-state index contributed by atoms with van der Waals surface area (Å²) in [7, 11) is 0. The molecule has 0 aliphatic heterocycles. The third-order valence-electron chi connectivity index (χ3n) is 8.57. The molecule has 252 valence electrons. The number of primary amides is 1. The Kier molecular flexibility index (Phi) is 33.6. The zero-order valence-corrected chi connectivity index (χ0v) is 28.9. The van der Waals surface area contributed by atoms with Gasteiger partial charge in [0.15, 0.2) is 0 Å². The van der Waals surface area contributed by atoms with E-state index < -0.39 is 0 Å². The molecule has 0 saturated heterocycles. The number of nitrogens with two attached hydrogens (primary N) is 1. The van der Waals surface area contributed by atoms with Gasteiger partial charge in [-0.2, -0.15) is 0 Å². The smallest absolute Gasteiger partial charge is 0.305 e. The summed E-state index contributed by atoms with van der Waals surface area (Å²) in [6.07, 6.45) is 43.7. The van der Waals surface area contributed by atoms with Crippen molar-refractivity contribution in [2.75, 3.05) is 6.61 Å². The van der Waals surface area contributed by atoms with Crippen LogP contribution in [0.1, 0.15) is 200 Å². The summed E-state index contributed by atoms with van der Waals surface area (Å²) < 4.78 is 5.41. The van der Waals surface area contributed by atoms with E-state index in [0.717, 1.165) is 51.4 Å². The molecule has 0 rings (SSSR count). The van der Waals surface area contributed by atoms with E-state index in [2.05, 4.69) is 38.2 Å². The average molecular weight is 604 g/mol. The van der Waals surface area contributed by atoms with Crippen LogP contribution in [-0.4, -0.2) is 18.5 Å². The van der Waals surface area contributed by atoms with E-state index >= 15 is 0 Å². The maximum atomic E-state index is 12.0. The summed E-state index contributed by atoms with van der Waals surface area (Å²) in [5.74, 6) is -0.409. The molecule has 0 aromatic carbocycles. The summed E-state index contributed by atoms with van der Waals surface area (Å²) in [4.78, 5) is 23.9. The predicted octanol–water partition coefficient (Wildman–Crippen LogP) is 12.1. The summed E-state index contributed by atoms with van der Waals surface area (Å²) in [6.45, 7) is 4.93. The number of esters is 1. The Bertz CT molecular complexity index is 657. The second-order valence-electron chi connectivity index (χ2n) is 12.8. The maximum absolute atomic E-state index is 12.0. The lowest BCUT2D eigenvalue weighted by Gasteiger charge is -2.13. The number of rotatable bonds is 34. The molecule has 0 aliphatic carbocycles. The lowest BCUT2D eigenvalue weighted by Crippen LogP contribution is -2.23. The standard InChI is InChI=1S/C39H73NO3/c1-3-5-7-9-11-13-15-17-19-21-23-25-27-29-31-35-38(41)43-36-32-34-37(39(40)42)33-30-28-26-24-22-20-18-16-14-12-10-8-6-4-2/h17-20,37H,3-16,21-36H2,1-2H3,(H2,40,42). The van der Waals surface area contributed by atoms with Crippen molar-refractivity contribution in [2.45, 2.75) is 200 Å². The molecule has 0 aromatic heterocycles. The normalized spacial score (nSPS) is 12.4. The van der Waals surface area contributed by atoms with Crippen LogP contribution in [0.25, 0.3) is 0 Å². The molecular formula is C39H73NO3. The summed E-state index contributed by atoms with van der Waals surface area (Å²) in [5.41, 5.74) is 5.64. The largest absolute Gasteiger partial charge is 0.466 e. The highest BCUT2D eigenvalue weighted by Gasteiger charge is 2.15. The molecular weight excluding hydrogens is 530 g/mol. The molecule has 0 heterocycles. The second kappa shape index (κ2) is 34.9. The first-order chi connectivity index (χ1) is 21.1. The molecule has 4 nitrogen and oxygen atoms in total. The third kappa shape index (κ3) is 33.2. The van der Waals surface area contributed by atoms with Gasteiger partial charge in [-0.1, -0.05) is 141 Å². The Hall–Kier alpha value is -1.58. The van der Waals surface area contributed by atoms with Gasteiger partial charge in [0.05, 0.1) is 6.61 Å². The first-order valence-electron chi connectivity index (χ1n) is 18.9. The topological polar surface area (TPSA) is 69.4 Å². The van der Waals surface area contributed by atoms with Gasteiger partial charge in [-0.25, -0.2) is 0 Å². The van der Waals surface area contributed by atoms with Crippen LogP contribution in [0.15, 0.2) is 24.3 Å². The molecule has 0 bridgehead atoms. The number of amides is 1. The molecule has 0 aromatic rings. The van der Waals surface area contributed by atoms with Gasteiger partial charge >= 0.3 is 5.97 Å². The Labute approximate surface area is 268 Å². The minimum absolute atomic E-state index is 0.0960. The summed E-state index contributed by atoms with van der Waals surface area (Å²) in [5, 5.41) is 0. The van der Waals surface area contributed by atoms with Gasteiger partial charge in [0, 0.05) is 12.3 Å². The fraction of sp³-hybridized carbons (Fsp3) is 0.846. The van der Waals surface area contributed by atoms with Gasteiger partial charge in [-0.3, -0.25) is 9.59 Å². The number of ether oxygens (including phenoxy) is 1. The van der Waals surface area contributed by atoms with Crippen molar-refractivity contribution >= 4 is 11.9 Å². The van der Waals surface area contributed by atoms with E-state index in [-0.39, 0.29) is 17.8 Å². The first-order valence-corrected chi connectivity index (χ1v) is 18.9. The van der Waals surface area contributed by atoms with Crippen molar-refractivity contribution in [1.82, 2.24) is 0 Å². The Morgan fingerprint density at radius 3 is 1.33 bits per heavy atom. The molecule has 1 amide bonds. The van der Waals surface area contributed by atoms with Crippen LogP contribution < -0.4 is 5.73 Å². The maximum Gasteiger partial charge on any atom is 0.305 e. The number of carbonyl (C=O) groups excluding carboxylic acids is 2. The molecule has 4 heteroatoms. The summed E-state index contributed by atoms with van der Waals surface area (Å²) >= 11 is 0. The lowest BCUT2D eigenvalue weighted by molar-refractivity contribution is -0.143. The van der Waals surface area contributed by atoms with Crippen LogP contribution in [0.2, 0.25) is 0 Å². The Balaban J connectivity index is 3.57. The van der Waals surface area contributed by atoms with E-state index in [1.54, 1.807) is 0 Å². The quantitative estimate of drug-likeness (QED) is 0.0452. The van der Waals surface area contributed by atoms with Crippen LogP contribution >= 0.6 is 0 Å². The molecule has 1 unspecified atom stereocenters. The zero-order valence-electron chi connectivity index (χ0n) is 28.9. The predicted molar refractivity (Wildman–Crippen MR) is 187 cm³/mol. The fourth-order valence-corrected chi connectivity index (χ4v) is 5.64. The van der Waals surface area contributed by atoms with Crippen molar-refractivity contribution in [1.29, 1.82) is 0 Å². The van der Waals surface area contributed by atoms with Crippen LogP contribution in [0.3, 0.4) is 0 Å². The van der Waals surface area contributed by atoms with Crippen molar-refractivity contribution in [3.8, 4) is 0 Å². The van der Waals surface area contributed by atoms with Crippen molar-refractivity contribution in [3.63, 3.8) is 0 Å². The van der Waals surface area contributed by atoms with E-state index in [9.17, 15) is 9.59 Å². The molecule has 0 spiro atoms. The minimum Gasteiger partial charge on any atom is -0.466 e. The fourth-order valence-electron chi connectivity index (χ4n) is 5.64.